The molecule has 2 fully saturated rings. The molecule has 5 nitrogen and oxygen atoms in total. The van der Waals surface area contributed by atoms with Crippen LogP contribution in [0.1, 0.15) is 31.2 Å². The van der Waals surface area contributed by atoms with E-state index in [1.165, 1.54) is 31.2 Å². The van der Waals surface area contributed by atoms with Crippen molar-refractivity contribution in [3.05, 3.63) is 23.8 Å². The van der Waals surface area contributed by atoms with Crippen LogP contribution >= 0.6 is 24.0 Å². The normalized spacial score (nSPS) is 19.1. The van der Waals surface area contributed by atoms with E-state index in [9.17, 15) is 0 Å². The van der Waals surface area contributed by atoms with E-state index in [1.807, 2.05) is 13.1 Å². The van der Waals surface area contributed by atoms with Gasteiger partial charge in [0.2, 0.25) is 0 Å². The van der Waals surface area contributed by atoms with Gasteiger partial charge < -0.3 is 19.7 Å². The van der Waals surface area contributed by atoms with Crippen LogP contribution in [-0.4, -0.2) is 44.7 Å². The average Bonchev–Trinajstić information content (AvgIpc) is 3.52. The third-order valence-corrected chi connectivity index (χ3v) is 5.55. The second-order valence-corrected chi connectivity index (χ2v) is 7.60. The van der Waals surface area contributed by atoms with E-state index < -0.39 is 0 Å². The van der Waals surface area contributed by atoms with Gasteiger partial charge in [0.1, 0.15) is 13.2 Å². The number of rotatable bonds is 6. The van der Waals surface area contributed by atoms with Crippen molar-refractivity contribution in [2.24, 2.45) is 22.7 Å². The Morgan fingerprint density at radius 1 is 1.15 bits per heavy atom. The molecule has 0 unspecified atom stereocenters. The van der Waals surface area contributed by atoms with Crippen molar-refractivity contribution in [3.8, 4) is 11.5 Å². The summed E-state index contributed by atoms with van der Waals surface area (Å²) in [5, 5.41) is 3.61. The molecule has 0 aromatic heterocycles. The molecule has 0 saturated heterocycles. The molecule has 3 aliphatic rings. The summed E-state index contributed by atoms with van der Waals surface area (Å²) >= 11 is 0. The van der Waals surface area contributed by atoms with Gasteiger partial charge in [-0.05, 0) is 61.1 Å². The van der Waals surface area contributed by atoms with E-state index >= 15 is 0 Å². The number of halogens is 1. The number of ether oxygens (including phenoxy) is 2. The van der Waals surface area contributed by atoms with Gasteiger partial charge >= 0.3 is 0 Å². The van der Waals surface area contributed by atoms with Crippen LogP contribution < -0.4 is 14.8 Å². The minimum atomic E-state index is 0. The lowest BCUT2D eigenvalue weighted by Gasteiger charge is -2.25. The van der Waals surface area contributed by atoms with Crippen molar-refractivity contribution in [1.29, 1.82) is 0 Å². The quantitative estimate of drug-likeness (QED) is 0.392. The first kappa shape index (κ1) is 19.6. The SMILES string of the molecule is CN=C(NCC(C1CC1)C1CC1)N(C)Cc1ccc2c(c1)OCCO2.I. The molecule has 26 heavy (non-hydrogen) atoms. The van der Waals surface area contributed by atoms with Crippen LogP contribution in [0.5, 0.6) is 11.5 Å². The lowest BCUT2D eigenvalue weighted by molar-refractivity contribution is 0.171. The van der Waals surface area contributed by atoms with Crippen molar-refractivity contribution in [1.82, 2.24) is 10.2 Å². The van der Waals surface area contributed by atoms with Crippen molar-refractivity contribution < 1.29 is 9.47 Å². The van der Waals surface area contributed by atoms with Crippen molar-refractivity contribution in [2.45, 2.75) is 32.2 Å². The summed E-state index contributed by atoms with van der Waals surface area (Å²) in [5.74, 6) is 5.43. The number of nitrogens with one attached hydrogen (secondary N) is 1. The van der Waals surface area contributed by atoms with Crippen molar-refractivity contribution >= 4 is 29.9 Å². The summed E-state index contributed by atoms with van der Waals surface area (Å²) in [6.07, 6.45) is 5.70. The third kappa shape index (κ3) is 4.75. The molecule has 1 aromatic carbocycles. The number of fused-ring (bicyclic) bond motifs is 1. The smallest absolute Gasteiger partial charge is 0.193 e. The van der Waals surface area contributed by atoms with E-state index in [0.29, 0.717) is 13.2 Å². The summed E-state index contributed by atoms with van der Waals surface area (Å²) < 4.78 is 11.3. The first-order chi connectivity index (χ1) is 12.2. The fourth-order valence-corrected chi connectivity index (χ4v) is 3.90. The second kappa shape index (κ2) is 8.67. The lowest BCUT2D eigenvalue weighted by Crippen LogP contribution is -2.41. The number of hydrogen-bond donors (Lipinski definition) is 1. The molecule has 0 bridgehead atoms. The number of benzene rings is 1. The van der Waals surface area contributed by atoms with Gasteiger partial charge in [-0.25, -0.2) is 0 Å². The predicted molar refractivity (Wildman–Crippen MR) is 115 cm³/mol. The summed E-state index contributed by atoms with van der Waals surface area (Å²) in [6.45, 7) is 3.12. The van der Waals surface area contributed by atoms with E-state index in [1.54, 1.807) is 0 Å². The lowest BCUT2D eigenvalue weighted by atomic mass is 9.98. The molecule has 2 saturated carbocycles. The highest BCUT2D eigenvalue weighted by molar-refractivity contribution is 14.0. The standard InChI is InChI=1S/C20H29N3O2.HI/c1-21-20(22-12-17(15-4-5-15)16-6-7-16)23(2)13-14-3-8-18-19(11-14)25-10-9-24-18;/h3,8,11,15-17H,4-7,9-10,12-13H2,1-2H3,(H,21,22);1H. The zero-order valence-electron chi connectivity index (χ0n) is 15.7. The first-order valence-electron chi connectivity index (χ1n) is 9.55. The molecule has 1 aliphatic heterocycles. The van der Waals surface area contributed by atoms with Crippen LogP contribution in [0.4, 0.5) is 0 Å². The zero-order valence-corrected chi connectivity index (χ0v) is 18.1. The fourth-order valence-electron chi connectivity index (χ4n) is 3.90. The van der Waals surface area contributed by atoms with Gasteiger partial charge in [-0.2, -0.15) is 0 Å². The van der Waals surface area contributed by atoms with Crippen molar-refractivity contribution in [3.63, 3.8) is 0 Å². The van der Waals surface area contributed by atoms with Gasteiger partial charge in [-0.1, -0.05) is 6.07 Å². The highest BCUT2D eigenvalue weighted by Gasteiger charge is 2.41. The fraction of sp³-hybridized carbons (Fsp3) is 0.650. The molecule has 6 heteroatoms. The molecular formula is C20H30IN3O2. The molecule has 0 atom stereocenters. The number of nitrogens with zero attached hydrogens (tertiary/aromatic N) is 2. The van der Waals surface area contributed by atoms with E-state index in [4.69, 9.17) is 9.47 Å². The monoisotopic (exact) mass is 471 g/mol. The molecular weight excluding hydrogens is 441 g/mol. The van der Waals surface area contributed by atoms with Gasteiger partial charge in [-0.3, -0.25) is 4.99 Å². The molecule has 0 amide bonds. The van der Waals surface area contributed by atoms with Gasteiger partial charge in [0.05, 0.1) is 0 Å². The third-order valence-electron chi connectivity index (χ3n) is 5.55. The van der Waals surface area contributed by atoms with Crippen molar-refractivity contribution in [2.75, 3.05) is 33.9 Å². The molecule has 144 valence electrons. The highest BCUT2D eigenvalue weighted by Crippen LogP contribution is 2.48. The summed E-state index contributed by atoms with van der Waals surface area (Å²) in [4.78, 5) is 6.66. The molecule has 4 rings (SSSR count). The Balaban J connectivity index is 0.00000196. The van der Waals surface area contributed by atoms with E-state index in [-0.39, 0.29) is 24.0 Å². The maximum absolute atomic E-state index is 5.69. The maximum Gasteiger partial charge on any atom is 0.193 e. The molecule has 1 heterocycles. The van der Waals surface area contributed by atoms with Gasteiger partial charge in [-0.15, -0.1) is 24.0 Å². The Bertz CT molecular complexity index is 632. The van der Waals surface area contributed by atoms with Crippen LogP contribution in [-0.2, 0) is 6.54 Å². The maximum atomic E-state index is 5.69. The first-order valence-corrected chi connectivity index (χ1v) is 9.55. The summed E-state index contributed by atoms with van der Waals surface area (Å²) in [6, 6.07) is 6.19. The Kier molecular flexibility index (Phi) is 6.53. The Hall–Kier alpha value is -1.18. The van der Waals surface area contributed by atoms with Gasteiger partial charge in [0.15, 0.2) is 17.5 Å². The molecule has 1 N–H and O–H groups in total. The topological polar surface area (TPSA) is 46.1 Å². The average molecular weight is 471 g/mol. The van der Waals surface area contributed by atoms with Gasteiger partial charge in [0, 0.05) is 27.2 Å². The van der Waals surface area contributed by atoms with Crippen LogP contribution in [0.15, 0.2) is 23.2 Å². The summed E-state index contributed by atoms with van der Waals surface area (Å²) in [5.41, 5.74) is 1.20. The Labute approximate surface area is 173 Å². The number of aliphatic imine (C=N–C) groups is 1. The Morgan fingerprint density at radius 2 is 1.81 bits per heavy atom. The largest absolute Gasteiger partial charge is 0.486 e. The second-order valence-electron chi connectivity index (χ2n) is 7.60. The Morgan fingerprint density at radius 3 is 2.42 bits per heavy atom. The van der Waals surface area contributed by atoms with E-state index in [0.717, 1.165) is 48.3 Å². The van der Waals surface area contributed by atoms with Crippen LogP contribution in [0.2, 0.25) is 0 Å². The molecule has 0 spiro atoms. The number of guanidine groups is 1. The van der Waals surface area contributed by atoms with E-state index in [2.05, 4.69) is 34.4 Å². The predicted octanol–water partition coefficient (Wildman–Crippen LogP) is 3.52. The minimum Gasteiger partial charge on any atom is -0.486 e. The zero-order chi connectivity index (χ0) is 17.2. The van der Waals surface area contributed by atoms with Crippen LogP contribution in [0.3, 0.4) is 0 Å². The summed E-state index contributed by atoms with van der Waals surface area (Å²) in [7, 11) is 3.96. The highest BCUT2D eigenvalue weighted by atomic mass is 127. The van der Waals surface area contributed by atoms with Crippen LogP contribution in [0, 0.1) is 17.8 Å². The van der Waals surface area contributed by atoms with Crippen LogP contribution in [0.25, 0.3) is 0 Å². The molecule has 1 aromatic rings. The number of hydrogen-bond acceptors (Lipinski definition) is 3. The minimum absolute atomic E-state index is 0. The molecule has 0 radical (unpaired) electrons. The molecule has 2 aliphatic carbocycles. The van der Waals surface area contributed by atoms with Gasteiger partial charge in [0.25, 0.3) is 0 Å².